The Morgan fingerprint density at radius 3 is 2.58 bits per heavy atom. The Labute approximate surface area is 213 Å². The highest BCUT2D eigenvalue weighted by atomic mass is 31.2. The van der Waals surface area contributed by atoms with E-state index in [-0.39, 0.29) is 6.10 Å². The molecule has 1 fully saturated rings. The molecule has 2 N–H and O–H groups in total. The first kappa shape index (κ1) is 24.6. The largest absolute Gasteiger partial charge is 0.489 e. The number of aryl methyl sites for hydroxylation is 1. The lowest BCUT2D eigenvalue weighted by molar-refractivity contribution is 0.208. The van der Waals surface area contributed by atoms with E-state index in [0.29, 0.717) is 12.3 Å². The van der Waals surface area contributed by atoms with Crippen LogP contribution in [0.2, 0.25) is 0 Å². The van der Waals surface area contributed by atoms with Crippen molar-refractivity contribution < 1.29 is 9.30 Å². The summed E-state index contributed by atoms with van der Waals surface area (Å²) in [7, 11) is -0.315. The molecular formula is C29H35N4O2P. The Morgan fingerprint density at radius 2 is 1.89 bits per heavy atom. The smallest absolute Gasteiger partial charge is 0.139 e. The Kier molecular flexibility index (Phi) is 6.92. The highest BCUT2D eigenvalue weighted by Gasteiger charge is 2.24. The van der Waals surface area contributed by atoms with Gasteiger partial charge in [-0.15, -0.1) is 0 Å². The highest BCUT2D eigenvalue weighted by molar-refractivity contribution is 7.71. The van der Waals surface area contributed by atoms with Crippen molar-refractivity contribution in [2.75, 3.05) is 37.8 Å². The monoisotopic (exact) mass is 502 g/mol. The number of likely N-dealkylation sites (N-methyl/N-ethyl adjacent to an activating group) is 1. The lowest BCUT2D eigenvalue weighted by Gasteiger charge is -2.20. The van der Waals surface area contributed by atoms with Gasteiger partial charge < -0.3 is 24.5 Å². The van der Waals surface area contributed by atoms with Crippen LogP contribution in [0.3, 0.4) is 0 Å². The minimum absolute atomic E-state index is 0.258. The van der Waals surface area contributed by atoms with Gasteiger partial charge >= 0.3 is 0 Å². The zero-order valence-electron chi connectivity index (χ0n) is 21.5. The summed E-state index contributed by atoms with van der Waals surface area (Å²) in [6.45, 7) is 8.13. The number of hydrogen-bond acceptors (Lipinski definition) is 5. The summed E-state index contributed by atoms with van der Waals surface area (Å²) >= 11 is 0. The normalized spacial score (nSPS) is 16.5. The average molecular weight is 503 g/mol. The molecule has 5 rings (SSSR count). The van der Waals surface area contributed by atoms with Crippen LogP contribution < -0.4 is 15.4 Å². The molecule has 0 radical (unpaired) electrons. The van der Waals surface area contributed by atoms with E-state index in [1.807, 2.05) is 56.4 Å². The molecule has 3 heterocycles. The first-order valence-corrected chi connectivity index (χ1v) is 14.9. The number of fused-ring (bicyclic) bond motifs is 1. The van der Waals surface area contributed by atoms with E-state index in [4.69, 9.17) is 4.74 Å². The number of pyridine rings is 1. The third kappa shape index (κ3) is 4.80. The van der Waals surface area contributed by atoms with Crippen LogP contribution in [0.25, 0.3) is 22.3 Å². The maximum absolute atomic E-state index is 13.6. The maximum atomic E-state index is 13.6. The summed E-state index contributed by atoms with van der Waals surface area (Å²) < 4.78 is 19.7. The number of aromatic amines is 1. The van der Waals surface area contributed by atoms with E-state index in [1.54, 1.807) is 0 Å². The van der Waals surface area contributed by atoms with Gasteiger partial charge in [-0.1, -0.05) is 26.0 Å². The first-order chi connectivity index (χ1) is 17.4. The summed E-state index contributed by atoms with van der Waals surface area (Å²) in [4.78, 5) is 10.4. The van der Waals surface area contributed by atoms with E-state index in [0.717, 1.165) is 69.8 Å². The molecule has 0 bridgehead atoms. The van der Waals surface area contributed by atoms with Crippen LogP contribution in [0.4, 0.5) is 11.4 Å². The van der Waals surface area contributed by atoms with E-state index in [1.165, 1.54) is 0 Å². The second kappa shape index (κ2) is 10.1. The molecule has 0 aliphatic carbocycles. The van der Waals surface area contributed by atoms with Gasteiger partial charge in [-0.05, 0) is 74.0 Å². The molecule has 0 spiro atoms. The van der Waals surface area contributed by atoms with Crippen molar-refractivity contribution in [1.82, 2.24) is 14.9 Å². The topological polar surface area (TPSA) is 70.2 Å². The number of H-pyrrole nitrogens is 1. The van der Waals surface area contributed by atoms with Gasteiger partial charge in [-0.3, -0.25) is 0 Å². The van der Waals surface area contributed by atoms with E-state index in [2.05, 4.69) is 52.4 Å². The molecule has 0 amide bonds. The summed E-state index contributed by atoms with van der Waals surface area (Å²) in [5, 5.41) is 5.55. The summed E-state index contributed by atoms with van der Waals surface area (Å²) in [6.07, 6.45) is 4.50. The summed E-state index contributed by atoms with van der Waals surface area (Å²) in [5.74, 6) is 0.902. The fraction of sp³-hybridized carbons (Fsp3) is 0.345. The molecule has 2 aromatic carbocycles. The molecule has 6 nitrogen and oxygen atoms in total. The molecule has 1 aliphatic heterocycles. The number of hydrogen-bond donors (Lipinski definition) is 2. The summed E-state index contributed by atoms with van der Waals surface area (Å²) in [5.41, 5.74) is 5.82. The zero-order chi connectivity index (χ0) is 25.3. The standard InChI is InChI=1S/C29H35N4O2P/c1-5-36(34,6-2)27-10-8-7-9-25(27)31-28-20(3)18-30-29-24(28)17-26(32-29)21-11-13-22(14-12-21)35-23-15-16-33(4)19-23/h7-14,17-18,23H,5-6,15-16,19H2,1-4H3,(H2,30,31,32). The van der Waals surface area contributed by atoms with Crippen LogP contribution in [-0.4, -0.2) is 53.4 Å². The SMILES string of the molecule is CCP(=O)(CC)c1ccccc1Nc1c(C)cnc2[nH]c(-c3ccc(OC4CCN(C)C4)cc3)cc12. The van der Waals surface area contributed by atoms with Gasteiger partial charge in [0.25, 0.3) is 0 Å². The van der Waals surface area contributed by atoms with Crippen molar-refractivity contribution in [3.63, 3.8) is 0 Å². The fourth-order valence-electron chi connectivity index (χ4n) is 5.03. The molecule has 0 saturated carbocycles. The lowest BCUT2D eigenvalue weighted by Crippen LogP contribution is -2.21. The van der Waals surface area contributed by atoms with Crippen molar-refractivity contribution in [2.24, 2.45) is 0 Å². The van der Waals surface area contributed by atoms with Crippen molar-refractivity contribution in [3.05, 3.63) is 66.4 Å². The second-order valence-corrected chi connectivity index (χ2v) is 13.3. The van der Waals surface area contributed by atoms with Gasteiger partial charge in [0, 0.05) is 53.7 Å². The second-order valence-electron chi connectivity index (χ2n) is 9.74. The maximum Gasteiger partial charge on any atom is 0.139 e. The minimum Gasteiger partial charge on any atom is -0.489 e. The number of ether oxygens (including phenoxy) is 1. The van der Waals surface area contributed by atoms with Crippen LogP contribution in [-0.2, 0) is 4.57 Å². The molecule has 1 atom stereocenters. The molecule has 7 heteroatoms. The van der Waals surface area contributed by atoms with Crippen molar-refractivity contribution in [2.45, 2.75) is 33.3 Å². The van der Waals surface area contributed by atoms with Crippen molar-refractivity contribution in [1.29, 1.82) is 0 Å². The van der Waals surface area contributed by atoms with E-state index in [9.17, 15) is 4.57 Å². The molecule has 36 heavy (non-hydrogen) atoms. The van der Waals surface area contributed by atoms with Gasteiger partial charge in [0.1, 0.15) is 24.6 Å². The van der Waals surface area contributed by atoms with E-state index < -0.39 is 7.14 Å². The number of rotatable bonds is 8. The quantitative estimate of drug-likeness (QED) is 0.273. The molecular weight excluding hydrogens is 467 g/mol. The predicted molar refractivity (Wildman–Crippen MR) is 151 cm³/mol. The minimum atomic E-state index is -2.45. The van der Waals surface area contributed by atoms with Gasteiger partial charge in [0.15, 0.2) is 0 Å². The average Bonchev–Trinajstić information content (AvgIpc) is 3.52. The number of aromatic nitrogens is 2. The number of benzene rings is 2. The van der Waals surface area contributed by atoms with Gasteiger partial charge in [0.05, 0.1) is 5.69 Å². The lowest BCUT2D eigenvalue weighted by atomic mass is 10.1. The molecule has 188 valence electrons. The van der Waals surface area contributed by atoms with Gasteiger partial charge in [0.2, 0.25) is 0 Å². The Bertz CT molecular complexity index is 1400. The number of para-hydroxylation sites is 1. The number of likely N-dealkylation sites (tertiary alicyclic amines) is 1. The van der Waals surface area contributed by atoms with E-state index >= 15 is 0 Å². The first-order valence-electron chi connectivity index (χ1n) is 12.8. The molecule has 1 unspecified atom stereocenters. The van der Waals surface area contributed by atoms with Crippen LogP contribution >= 0.6 is 7.14 Å². The third-order valence-electron chi connectivity index (χ3n) is 7.29. The molecule has 1 aliphatic rings. The zero-order valence-corrected chi connectivity index (χ0v) is 22.4. The molecule has 2 aromatic heterocycles. The number of nitrogens with zero attached hydrogens (tertiary/aromatic N) is 2. The van der Waals surface area contributed by atoms with Gasteiger partial charge in [-0.2, -0.15) is 0 Å². The highest BCUT2D eigenvalue weighted by Crippen LogP contribution is 2.46. The van der Waals surface area contributed by atoms with Crippen LogP contribution in [0.5, 0.6) is 5.75 Å². The number of nitrogens with one attached hydrogen (secondary N) is 2. The van der Waals surface area contributed by atoms with Crippen molar-refractivity contribution >= 4 is 34.9 Å². The fourth-order valence-corrected chi connectivity index (χ4v) is 7.08. The number of anilines is 2. The van der Waals surface area contributed by atoms with Crippen molar-refractivity contribution in [3.8, 4) is 17.0 Å². The Morgan fingerprint density at radius 1 is 1.14 bits per heavy atom. The van der Waals surface area contributed by atoms with Crippen LogP contribution in [0.1, 0.15) is 25.8 Å². The molecule has 1 saturated heterocycles. The molecule has 4 aromatic rings. The van der Waals surface area contributed by atoms with Crippen LogP contribution in [0, 0.1) is 6.92 Å². The van der Waals surface area contributed by atoms with Gasteiger partial charge in [-0.25, -0.2) is 4.98 Å². The van der Waals surface area contributed by atoms with Crippen LogP contribution in [0.15, 0.2) is 60.8 Å². The Balaban J connectivity index is 1.45. The predicted octanol–water partition coefficient (Wildman–Crippen LogP) is 6.39. The third-order valence-corrected chi connectivity index (χ3v) is 10.6. The Hall–Kier alpha value is -3.08. The summed E-state index contributed by atoms with van der Waals surface area (Å²) in [6, 6.07) is 18.4.